The van der Waals surface area contributed by atoms with Crippen LogP contribution in [0.5, 0.6) is 0 Å². The van der Waals surface area contributed by atoms with E-state index in [1.165, 1.54) is 19.3 Å². The SMILES string of the molecule is O=C(N[C@H]1CCS(=O)(=O)C1)C12CC3CC(CC(C3)C1)C2. The Morgan fingerprint density at radius 2 is 1.55 bits per heavy atom. The second kappa shape index (κ2) is 4.21. The molecule has 0 aromatic heterocycles. The molecule has 0 spiro atoms. The highest BCUT2D eigenvalue weighted by Crippen LogP contribution is 2.60. The van der Waals surface area contributed by atoms with Crippen molar-refractivity contribution < 1.29 is 13.2 Å². The topological polar surface area (TPSA) is 63.2 Å². The Bertz CT molecular complexity index is 504. The number of nitrogens with one attached hydrogen (secondary N) is 1. The first kappa shape index (κ1) is 13.1. The number of rotatable bonds is 2. The summed E-state index contributed by atoms with van der Waals surface area (Å²) >= 11 is 0. The molecule has 5 rings (SSSR count). The maximum Gasteiger partial charge on any atom is 0.226 e. The average molecular weight is 297 g/mol. The molecule has 1 heterocycles. The highest BCUT2D eigenvalue weighted by Gasteiger charge is 2.54. The van der Waals surface area contributed by atoms with Gasteiger partial charge in [-0.2, -0.15) is 0 Å². The molecule has 4 saturated carbocycles. The van der Waals surface area contributed by atoms with Crippen molar-refractivity contribution in [3.63, 3.8) is 0 Å². The minimum absolute atomic E-state index is 0.138. The van der Waals surface area contributed by atoms with Crippen molar-refractivity contribution in [1.29, 1.82) is 0 Å². The monoisotopic (exact) mass is 297 g/mol. The van der Waals surface area contributed by atoms with Gasteiger partial charge in [0.2, 0.25) is 5.91 Å². The van der Waals surface area contributed by atoms with Gasteiger partial charge in [-0.05, 0) is 62.7 Å². The average Bonchev–Trinajstić information content (AvgIpc) is 2.67. The van der Waals surface area contributed by atoms with Crippen LogP contribution < -0.4 is 5.32 Å². The molecule has 1 N–H and O–H groups in total. The zero-order valence-corrected chi connectivity index (χ0v) is 12.6. The van der Waals surface area contributed by atoms with Gasteiger partial charge in [-0.1, -0.05) is 0 Å². The van der Waals surface area contributed by atoms with E-state index < -0.39 is 9.84 Å². The summed E-state index contributed by atoms with van der Waals surface area (Å²) in [5.41, 5.74) is -0.152. The number of carbonyl (C=O) groups is 1. The number of sulfone groups is 1. The van der Waals surface area contributed by atoms with Gasteiger partial charge < -0.3 is 5.32 Å². The summed E-state index contributed by atoms with van der Waals surface area (Å²) in [4.78, 5) is 12.8. The third-order valence-electron chi connectivity index (χ3n) is 6.09. The molecular weight excluding hydrogens is 274 g/mol. The first-order chi connectivity index (χ1) is 9.44. The maximum atomic E-state index is 12.8. The Morgan fingerprint density at radius 1 is 1.00 bits per heavy atom. The van der Waals surface area contributed by atoms with Crippen molar-refractivity contribution in [2.75, 3.05) is 11.5 Å². The van der Waals surface area contributed by atoms with Crippen molar-refractivity contribution in [2.45, 2.75) is 51.0 Å². The first-order valence-corrected chi connectivity index (χ1v) is 9.78. The van der Waals surface area contributed by atoms with Gasteiger partial charge in [-0.25, -0.2) is 8.42 Å². The predicted molar refractivity (Wildman–Crippen MR) is 75.8 cm³/mol. The molecular formula is C15H23NO3S. The van der Waals surface area contributed by atoms with Crippen LogP contribution in [0.15, 0.2) is 0 Å². The Kier molecular flexibility index (Phi) is 2.76. The summed E-state index contributed by atoms with van der Waals surface area (Å²) in [7, 11) is -2.91. The van der Waals surface area contributed by atoms with E-state index in [0.29, 0.717) is 6.42 Å². The minimum Gasteiger partial charge on any atom is -0.352 e. The molecule has 0 aromatic rings. The van der Waals surface area contributed by atoms with E-state index >= 15 is 0 Å². The zero-order valence-electron chi connectivity index (χ0n) is 11.8. The van der Waals surface area contributed by atoms with Crippen molar-refractivity contribution in [3.8, 4) is 0 Å². The van der Waals surface area contributed by atoms with Crippen LogP contribution >= 0.6 is 0 Å². The molecule has 5 aliphatic rings. The highest BCUT2D eigenvalue weighted by atomic mass is 32.2. The molecule has 1 aliphatic heterocycles. The van der Waals surface area contributed by atoms with Crippen LogP contribution in [0.3, 0.4) is 0 Å². The molecule has 1 saturated heterocycles. The third kappa shape index (κ3) is 2.09. The van der Waals surface area contributed by atoms with E-state index in [0.717, 1.165) is 37.0 Å². The van der Waals surface area contributed by atoms with Gasteiger partial charge in [0.25, 0.3) is 0 Å². The first-order valence-electron chi connectivity index (χ1n) is 7.95. The lowest BCUT2D eigenvalue weighted by molar-refractivity contribution is -0.146. The largest absolute Gasteiger partial charge is 0.352 e. The molecule has 1 atom stereocenters. The summed E-state index contributed by atoms with van der Waals surface area (Å²) in [6, 6.07) is -0.138. The predicted octanol–water partition coefficient (Wildman–Crippen LogP) is 1.51. The second-order valence-corrected chi connectivity index (χ2v) is 10.0. The zero-order chi connectivity index (χ0) is 14.0. The Hall–Kier alpha value is -0.580. The van der Waals surface area contributed by atoms with Gasteiger partial charge in [0, 0.05) is 11.5 Å². The molecule has 4 aliphatic carbocycles. The molecule has 112 valence electrons. The van der Waals surface area contributed by atoms with E-state index in [2.05, 4.69) is 5.32 Å². The van der Waals surface area contributed by atoms with E-state index in [1.807, 2.05) is 0 Å². The second-order valence-electron chi connectivity index (χ2n) is 7.77. The number of amides is 1. The van der Waals surface area contributed by atoms with Crippen molar-refractivity contribution in [2.24, 2.45) is 23.2 Å². The molecule has 4 bridgehead atoms. The third-order valence-corrected chi connectivity index (χ3v) is 7.86. The van der Waals surface area contributed by atoms with E-state index in [4.69, 9.17) is 0 Å². The lowest BCUT2D eigenvalue weighted by Gasteiger charge is -2.55. The highest BCUT2D eigenvalue weighted by molar-refractivity contribution is 7.91. The molecule has 1 amide bonds. The molecule has 4 nitrogen and oxygen atoms in total. The number of hydrogen-bond acceptors (Lipinski definition) is 3. The smallest absolute Gasteiger partial charge is 0.226 e. The fraction of sp³-hybridized carbons (Fsp3) is 0.933. The molecule has 5 heteroatoms. The van der Waals surface area contributed by atoms with Crippen LogP contribution in [0.4, 0.5) is 0 Å². The Balaban J connectivity index is 1.49. The van der Waals surface area contributed by atoms with Gasteiger partial charge in [0.05, 0.1) is 11.5 Å². The number of hydrogen-bond donors (Lipinski definition) is 1. The van der Waals surface area contributed by atoms with Crippen LogP contribution in [-0.4, -0.2) is 31.9 Å². The summed E-state index contributed by atoms with van der Waals surface area (Å²) < 4.78 is 23.0. The fourth-order valence-electron chi connectivity index (χ4n) is 5.64. The maximum absolute atomic E-state index is 12.8. The lowest BCUT2D eigenvalue weighted by Crippen LogP contribution is -2.55. The Labute approximate surface area is 120 Å². The summed E-state index contributed by atoms with van der Waals surface area (Å²) in [5.74, 6) is 2.79. The summed E-state index contributed by atoms with van der Waals surface area (Å²) in [6.45, 7) is 0. The van der Waals surface area contributed by atoms with E-state index in [1.54, 1.807) is 0 Å². The summed E-state index contributed by atoms with van der Waals surface area (Å²) in [5, 5.41) is 3.07. The molecule has 0 aromatic carbocycles. The summed E-state index contributed by atoms with van der Waals surface area (Å²) in [6.07, 6.45) is 7.71. The van der Waals surface area contributed by atoms with Gasteiger partial charge in [0.15, 0.2) is 9.84 Å². The standard InChI is InChI=1S/C15H23NO3S/c17-14(16-13-1-2-20(18,19)9-13)15-6-10-3-11(7-15)5-12(4-10)8-15/h10-13H,1-9H2,(H,16,17)/t10?,11?,12?,13-,15?/m0/s1. The lowest BCUT2D eigenvalue weighted by atomic mass is 9.49. The molecule has 0 radical (unpaired) electrons. The normalized spacial score (nSPS) is 48.4. The quantitative estimate of drug-likeness (QED) is 0.840. The van der Waals surface area contributed by atoms with Crippen molar-refractivity contribution in [3.05, 3.63) is 0 Å². The van der Waals surface area contributed by atoms with Crippen LogP contribution in [0.2, 0.25) is 0 Å². The van der Waals surface area contributed by atoms with E-state index in [-0.39, 0.29) is 28.9 Å². The van der Waals surface area contributed by atoms with Gasteiger partial charge >= 0.3 is 0 Å². The van der Waals surface area contributed by atoms with Gasteiger partial charge in [0.1, 0.15) is 0 Å². The Morgan fingerprint density at radius 3 is 2.00 bits per heavy atom. The van der Waals surface area contributed by atoms with Gasteiger partial charge in [-0.3, -0.25) is 4.79 Å². The molecule has 0 unspecified atom stereocenters. The van der Waals surface area contributed by atoms with Crippen LogP contribution in [0.1, 0.15) is 44.9 Å². The fourth-order valence-corrected chi connectivity index (χ4v) is 7.31. The number of carbonyl (C=O) groups excluding carboxylic acids is 1. The van der Waals surface area contributed by atoms with Crippen molar-refractivity contribution >= 4 is 15.7 Å². The minimum atomic E-state index is -2.91. The van der Waals surface area contributed by atoms with E-state index in [9.17, 15) is 13.2 Å². The van der Waals surface area contributed by atoms with Gasteiger partial charge in [-0.15, -0.1) is 0 Å². The van der Waals surface area contributed by atoms with Crippen LogP contribution in [0.25, 0.3) is 0 Å². The molecule has 20 heavy (non-hydrogen) atoms. The van der Waals surface area contributed by atoms with Crippen LogP contribution in [0, 0.1) is 23.2 Å². The van der Waals surface area contributed by atoms with Crippen molar-refractivity contribution in [1.82, 2.24) is 5.32 Å². The molecule has 5 fully saturated rings. The van der Waals surface area contributed by atoms with Crippen LogP contribution in [-0.2, 0) is 14.6 Å².